The summed E-state index contributed by atoms with van der Waals surface area (Å²) in [5.41, 5.74) is 2.25. The van der Waals surface area contributed by atoms with Crippen molar-refractivity contribution in [3.8, 4) is 11.5 Å². The third kappa shape index (κ3) is 1.74. The highest BCUT2D eigenvalue weighted by Crippen LogP contribution is 2.17. The second-order valence-electron chi connectivity index (χ2n) is 3.03. The molecule has 0 saturated heterocycles. The molecule has 0 aliphatic carbocycles. The summed E-state index contributed by atoms with van der Waals surface area (Å²) in [6.45, 7) is 3.70. The number of nitrogens with zero attached hydrogens (tertiary/aromatic N) is 1. The lowest BCUT2D eigenvalue weighted by molar-refractivity contribution is 0.574. The molecule has 2 aromatic rings. The molecular formula is C12H11NO. The number of rotatable bonds is 3. The highest BCUT2D eigenvalue weighted by molar-refractivity contribution is 5.53. The predicted molar refractivity (Wildman–Crippen MR) is 55.8 cm³/mol. The molecule has 1 aromatic heterocycles. The Morgan fingerprint density at radius 3 is 2.64 bits per heavy atom. The van der Waals surface area contributed by atoms with E-state index in [0.717, 1.165) is 12.0 Å². The first-order valence-corrected chi connectivity index (χ1v) is 4.50. The fourth-order valence-corrected chi connectivity index (χ4v) is 1.32. The van der Waals surface area contributed by atoms with Gasteiger partial charge in [-0.2, -0.15) is 0 Å². The van der Waals surface area contributed by atoms with Gasteiger partial charge in [-0.25, -0.2) is 4.98 Å². The van der Waals surface area contributed by atoms with Crippen molar-refractivity contribution in [1.82, 2.24) is 4.98 Å². The van der Waals surface area contributed by atoms with Crippen LogP contribution >= 0.6 is 0 Å². The second-order valence-corrected chi connectivity index (χ2v) is 3.03. The molecule has 2 heteroatoms. The van der Waals surface area contributed by atoms with E-state index >= 15 is 0 Å². The summed E-state index contributed by atoms with van der Waals surface area (Å²) < 4.78 is 5.19. The van der Waals surface area contributed by atoms with Crippen molar-refractivity contribution in [3.63, 3.8) is 0 Å². The predicted octanol–water partition coefficient (Wildman–Crippen LogP) is 3.07. The van der Waals surface area contributed by atoms with E-state index in [1.165, 1.54) is 5.56 Å². The van der Waals surface area contributed by atoms with E-state index < -0.39 is 0 Å². The summed E-state index contributed by atoms with van der Waals surface area (Å²) in [4.78, 5) is 4.08. The minimum absolute atomic E-state index is 0.662. The summed E-state index contributed by atoms with van der Waals surface area (Å²) in [6, 6.07) is 8.12. The van der Waals surface area contributed by atoms with Crippen LogP contribution in [0.3, 0.4) is 0 Å². The lowest BCUT2D eigenvalue weighted by atomic mass is 10.1. The molecule has 0 unspecified atom stereocenters. The van der Waals surface area contributed by atoms with Gasteiger partial charge < -0.3 is 4.42 Å². The van der Waals surface area contributed by atoms with Crippen molar-refractivity contribution >= 4 is 0 Å². The van der Waals surface area contributed by atoms with Crippen molar-refractivity contribution < 1.29 is 4.42 Å². The Bertz CT molecular complexity index is 400. The summed E-state index contributed by atoms with van der Waals surface area (Å²) in [5.74, 6) is 0.662. The third-order valence-corrected chi connectivity index (χ3v) is 2.01. The van der Waals surface area contributed by atoms with Gasteiger partial charge in [0.2, 0.25) is 5.89 Å². The van der Waals surface area contributed by atoms with Crippen LogP contribution in [0.2, 0.25) is 0 Å². The molecule has 1 heterocycles. The molecule has 0 spiro atoms. The number of hydrogen-bond acceptors (Lipinski definition) is 2. The van der Waals surface area contributed by atoms with Gasteiger partial charge in [0.25, 0.3) is 0 Å². The van der Waals surface area contributed by atoms with Crippen LogP contribution in [0.5, 0.6) is 0 Å². The van der Waals surface area contributed by atoms with E-state index in [4.69, 9.17) is 4.42 Å². The molecule has 0 atom stereocenters. The van der Waals surface area contributed by atoms with Gasteiger partial charge in [0.1, 0.15) is 6.26 Å². The number of aromatic nitrogens is 1. The maximum Gasteiger partial charge on any atom is 0.225 e. The fourth-order valence-electron chi connectivity index (χ4n) is 1.32. The maximum atomic E-state index is 5.19. The zero-order valence-corrected chi connectivity index (χ0v) is 7.81. The van der Waals surface area contributed by atoms with E-state index in [1.54, 1.807) is 12.5 Å². The van der Waals surface area contributed by atoms with Gasteiger partial charge in [0, 0.05) is 5.56 Å². The molecule has 70 valence electrons. The first kappa shape index (κ1) is 8.75. The zero-order valence-electron chi connectivity index (χ0n) is 7.81. The molecule has 0 aliphatic heterocycles. The third-order valence-electron chi connectivity index (χ3n) is 2.01. The molecule has 1 aromatic carbocycles. The van der Waals surface area contributed by atoms with Crippen LogP contribution in [0.4, 0.5) is 0 Å². The summed E-state index contributed by atoms with van der Waals surface area (Å²) in [6.07, 6.45) is 6.01. The van der Waals surface area contributed by atoms with Gasteiger partial charge in [-0.15, -0.1) is 6.58 Å². The van der Waals surface area contributed by atoms with E-state index in [9.17, 15) is 0 Å². The molecule has 14 heavy (non-hydrogen) atoms. The van der Waals surface area contributed by atoms with Gasteiger partial charge in [-0.3, -0.25) is 0 Å². The lowest BCUT2D eigenvalue weighted by Crippen LogP contribution is -1.81. The smallest absolute Gasteiger partial charge is 0.225 e. The summed E-state index contributed by atoms with van der Waals surface area (Å²) in [7, 11) is 0. The van der Waals surface area contributed by atoms with Gasteiger partial charge in [-0.1, -0.05) is 18.2 Å². The number of allylic oxidation sites excluding steroid dienone is 1. The number of oxazole rings is 1. The van der Waals surface area contributed by atoms with E-state index in [1.807, 2.05) is 18.2 Å². The normalized spacial score (nSPS) is 10.0. The Labute approximate surface area is 82.9 Å². The van der Waals surface area contributed by atoms with Gasteiger partial charge in [0.15, 0.2) is 0 Å². The molecule has 0 aliphatic rings. The Morgan fingerprint density at radius 1 is 1.29 bits per heavy atom. The zero-order chi connectivity index (χ0) is 9.80. The van der Waals surface area contributed by atoms with Crippen LogP contribution in [0.25, 0.3) is 11.5 Å². The van der Waals surface area contributed by atoms with Gasteiger partial charge in [-0.05, 0) is 24.1 Å². The van der Waals surface area contributed by atoms with Crippen molar-refractivity contribution in [3.05, 3.63) is 54.9 Å². The summed E-state index contributed by atoms with van der Waals surface area (Å²) in [5, 5.41) is 0. The topological polar surface area (TPSA) is 26.0 Å². The first-order valence-electron chi connectivity index (χ1n) is 4.50. The molecule has 0 bridgehead atoms. The highest BCUT2D eigenvalue weighted by atomic mass is 16.3. The van der Waals surface area contributed by atoms with Gasteiger partial charge >= 0.3 is 0 Å². The maximum absolute atomic E-state index is 5.19. The molecule has 0 fully saturated rings. The first-order chi connectivity index (χ1) is 6.90. The quantitative estimate of drug-likeness (QED) is 0.687. The van der Waals surface area contributed by atoms with Gasteiger partial charge in [0.05, 0.1) is 6.20 Å². The minimum atomic E-state index is 0.662. The van der Waals surface area contributed by atoms with Crippen molar-refractivity contribution in [2.75, 3.05) is 0 Å². The van der Waals surface area contributed by atoms with Crippen molar-refractivity contribution in [2.24, 2.45) is 0 Å². The van der Waals surface area contributed by atoms with Crippen LogP contribution in [0.1, 0.15) is 5.56 Å². The molecule has 2 nitrogen and oxygen atoms in total. The highest BCUT2D eigenvalue weighted by Gasteiger charge is 2.00. The molecular weight excluding hydrogens is 174 g/mol. The number of hydrogen-bond donors (Lipinski definition) is 0. The van der Waals surface area contributed by atoms with E-state index in [-0.39, 0.29) is 0 Å². The largest absolute Gasteiger partial charge is 0.445 e. The van der Waals surface area contributed by atoms with Crippen LogP contribution in [-0.2, 0) is 6.42 Å². The molecule has 0 amide bonds. The van der Waals surface area contributed by atoms with Crippen LogP contribution in [0, 0.1) is 0 Å². The minimum Gasteiger partial charge on any atom is -0.445 e. The number of benzene rings is 1. The van der Waals surface area contributed by atoms with Crippen molar-refractivity contribution in [1.29, 1.82) is 0 Å². The molecule has 0 saturated carbocycles. The summed E-state index contributed by atoms with van der Waals surface area (Å²) >= 11 is 0. The van der Waals surface area contributed by atoms with Crippen molar-refractivity contribution in [2.45, 2.75) is 6.42 Å². The Balaban J connectivity index is 2.26. The van der Waals surface area contributed by atoms with Crippen LogP contribution in [0.15, 0.2) is 53.8 Å². The SMILES string of the molecule is C=CCc1ccc(-c2ncco2)cc1. The molecule has 2 rings (SSSR count). The second kappa shape index (κ2) is 3.92. The molecule has 0 radical (unpaired) electrons. The average molecular weight is 185 g/mol. The Kier molecular flexibility index (Phi) is 2.45. The fraction of sp³-hybridized carbons (Fsp3) is 0.0833. The standard InChI is InChI=1S/C12H11NO/c1-2-3-10-4-6-11(7-5-10)12-13-8-9-14-12/h2,4-9H,1,3H2. The average Bonchev–Trinajstić information content (AvgIpc) is 2.72. The van der Waals surface area contributed by atoms with E-state index in [2.05, 4.69) is 23.7 Å². The molecule has 0 N–H and O–H groups in total. The Morgan fingerprint density at radius 2 is 2.07 bits per heavy atom. The monoisotopic (exact) mass is 185 g/mol. The van der Waals surface area contributed by atoms with Crippen LogP contribution < -0.4 is 0 Å². The van der Waals surface area contributed by atoms with E-state index in [0.29, 0.717) is 5.89 Å². The van der Waals surface area contributed by atoms with Crippen LogP contribution in [-0.4, -0.2) is 4.98 Å². The Hall–Kier alpha value is -1.83. The lowest BCUT2D eigenvalue weighted by Gasteiger charge is -1.98.